The van der Waals surface area contributed by atoms with Crippen molar-refractivity contribution >= 4 is 34.9 Å². The van der Waals surface area contributed by atoms with Gasteiger partial charge in [0.15, 0.2) is 0 Å². The SMILES string of the molecule is S=C(S)Nc1ccccc1.[Zn+2]. The maximum Gasteiger partial charge on any atom is 2.00 e. The van der Waals surface area contributed by atoms with Crippen LogP contribution in [0.15, 0.2) is 30.3 Å². The summed E-state index contributed by atoms with van der Waals surface area (Å²) in [5.41, 5.74) is 0.975. The molecular weight excluding hydrogens is 228 g/mol. The van der Waals surface area contributed by atoms with Gasteiger partial charge in [-0.2, -0.15) is 0 Å². The van der Waals surface area contributed by atoms with Crippen LogP contribution in [0.2, 0.25) is 0 Å². The first-order chi connectivity index (χ1) is 4.79. The molecule has 0 aromatic heterocycles. The van der Waals surface area contributed by atoms with E-state index in [1.54, 1.807) is 0 Å². The third kappa shape index (κ3) is 4.51. The zero-order valence-electron chi connectivity index (χ0n) is 5.95. The van der Waals surface area contributed by atoms with Gasteiger partial charge in [-0.1, -0.05) is 30.4 Å². The predicted octanol–water partition coefficient (Wildman–Crippen LogP) is 2.31. The van der Waals surface area contributed by atoms with Gasteiger partial charge >= 0.3 is 19.5 Å². The molecule has 1 aromatic carbocycles. The van der Waals surface area contributed by atoms with Gasteiger partial charge in [0.1, 0.15) is 4.32 Å². The second kappa shape index (κ2) is 5.70. The summed E-state index contributed by atoms with van der Waals surface area (Å²) in [6.07, 6.45) is 0. The second-order valence-corrected chi connectivity index (χ2v) is 2.95. The van der Waals surface area contributed by atoms with Crippen molar-refractivity contribution in [3.63, 3.8) is 0 Å². The van der Waals surface area contributed by atoms with Gasteiger partial charge in [-0.25, -0.2) is 0 Å². The van der Waals surface area contributed by atoms with Gasteiger partial charge in [-0.05, 0) is 12.1 Å². The largest absolute Gasteiger partial charge is 2.00 e. The average Bonchev–Trinajstić information content (AvgIpc) is 1.88. The molecule has 1 N–H and O–H groups in total. The second-order valence-electron chi connectivity index (χ2n) is 1.80. The van der Waals surface area contributed by atoms with Crippen molar-refractivity contribution in [1.82, 2.24) is 0 Å². The summed E-state index contributed by atoms with van der Waals surface area (Å²) in [7, 11) is 0. The summed E-state index contributed by atoms with van der Waals surface area (Å²) >= 11 is 8.66. The van der Waals surface area contributed by atoms with Gasteiger partial charge in [0, 0.05) is 5.69 Å². The van der Waals surface area contributed by atoms with Crippen LogP contribution < -0.4 is 5.32 Å². The van der Waals surface area contributed by atoms with Crippen molar-refractivity contribution in [3.8, 4) is 0 Å². The summed E-state index contributed by atoms with van der Waals surface area (Å²) in [6.45, 7) is 0. The number of hydrogen-bond donors (Lipinski definition) is 2. The molecule has 0 amide bonds. The Hall–Kier alpha value is 0.0834. The van der Waals surface area contributed by atoms with E-state index in [-0.39, 0.29) is 19.5 Å². The summed E-state index contributed by atoms with van der Waals surface area (Å²) in [5, 5.41) is 2.90. The molecule has 0 heterocycles. The number of para-hydroxylation sites is 1. The van der Waals surface area contributed by atoms with Crippen LogP contribution in [0.5, 0.6) is 0 Å². The van der Waals surface area contributed by atoms with Gasteiger partial charge in [0.05, 0.1) is 0 Å². The molecule has 0 saturated heterocycles. The van der Waals surface area contributed by atoms with Crippen molar-refractivity contribution in [3.05, 3.63) is 30.3 Å². The molecule has 0 spiro atoms. The van der Waals surface area contributed by atoms with Gasteiger partial charge in [-0.15, -0.1) is 12.6 Å². The summed E-state index contributed by atoms with van der Waals surface area (Å²) in [4.78, 5) is 0. The van der Waals surface area contributed by atoms with Crippen LogP contribution in [0, 0.1) is 0 Å². The fourth-order valence-electron chi connectivity index (χ4n) is 0.645. The van der Waals surface area contributed by atoms with E-state index < -0.39 is 0 Å². The van der Waals surface area contributed by atoms with E-state index in [0.29, 0.717) is 4.32 Å². The Kier molecular flexibility index (Phi) is 5.74. The number of rotatable bonds is 1. The topological polar surface area (TPSA) is 12.0 Å². The molecule has 1 aromatic rings. The van der Waals surface area contributed by atoms with E-state index in [4.69, 9.17) is 12.2 Å². The Labute approximate surface area is 89.7 Å². The zero-order chi connectivity index (χ0) is 7.40. The van der Waals surface area contributed by atoms with Gasteiger partial charge in [0.2, 0.25) is 0 Å². The molecule has 0 radical (unpaired) electrons. The minimum absolute atomic E-state index is 0. The van der Waals surface area contributed by atoms with Crippen LogP contribution in [-0.2, 0) is 19.5 Å². The Balaban J connectivity index is 0.000001000. The van der Waals surface area contributed by atoms with Crippen molar-refractivity contribution in [1.29, 1.82) is 0 Å². The van der Waals surface area contributed by atoms with E-state index >= 15 is 0 Å². The third-order valence-corrected chi connectivity index (χ3v) is 1.24. The molecule has 0 unspecified atom stereocenters. The van der Waals surface area contributed by atoms with E-state index in [1.807, 2.05) is 30.3 Å². The average molecular weight is 235 g/mol. The Morgan fingerprint density at radius 1 is 1.27 bits per heavy atom. The van der Waals surface area contributed by atoms with E-state index in [0.717, 1.165) is 5.69 Å². The molecule has 1 rings (SSSR count). The zero-order valence-corrected chi connectivity index (χ0v) is 10.6. The normalized spacial score (nSPS) is 8.09. The molecular formula is C7H7NS2Zn+2. The minimum Gasteiger partial charge on any atom is -0.341 e. The first kappa shape index (κ1) is 11.1. The maximum atomic E-state index is 4.73. The van der Waals surface area contributed by atoms with Gasteiger partial charge in [-0.3, -0.25) is 0 Å². The summed E-state index contributed by atoms with van der Waals surface area (Å²) < 4.78 is 0.492. The minimum atomic E-state index is 0. The Morgan fingerprint density at radius 3 is 2.27 bits per heavy atom. The van der Waals surface area contributed by atoms with Crippen molar-refractivity contribution in [2.24, 2.45) is 0 Å². The maximum absolute atomic E-state index is 4.73. The first-order valence-corrected chi connectivity index (χ1v) is 3.69. The number of nitrogens with one attached hydrogen (secondary N) is 1. The molecule has 4 heteroatoms. The standard InChI is InChI=1S/C7H7NS2.Zn/c9-7(10)8-6-4-2-1-3-5-6;/h1-5H,(H2,8,9,10);/q;+2. The molecule has 0 aliphatic carbocycles. The molecule has 0 atom stereocenters. The molecule has 0 aliphatic rings. The number of thiocarbonyl (C=S) groups is 1. The van der Waals surface area contributed by atoms with Gasteiger partial charge < -0.3 is 5.32 Å². The number of hydrogen-bond acceptors (Lipinski definition) is 1. The monoisotopic (exact) mass is 233 g/mol. The van der Waals surface area contributed by atoms with E-state index in [9.17, 15) is 0 Å². The first-order valence-electron chi connectivity index (χ1n) is 2.84. The van der Waals surface area contributed by atoms with Crippen molar-refractivity contribution in [2.45, 2.75) is 0 Å². The third-order valence-electron chi connectivity index (χ3n) is 1.03. The fraction of sp³-hybridized carbons (Fsp3) is 0. The number of benzene rings is 1. The van der Waals surface area contributed by atoms with Crippen LogP contribution in [0.3, 0.4) is 0 Å². The van der Waals surface area contributed by atoms with Crippen molar-refractivity contribution in [2.75, 3.05) is 5.32 Å². The molecule has 0 fully saturated rings. The smallest absolute Gasteiger partial charge is 0.341 e. The van der Waals surface area contributed by atoms with Crippen LogP contribution in [-0.4, -0.2) is 4.32 Å². The molecule has 0 bridgehead atoms. The molecule has 0 aliphatic heterocycles. The van der Waals surface area contributed by atoms with Crippen molar-refractivity contribution < 1.29 is 19.5 Å². The quantitative estimate of drug-likeness (QED) is 0.439. The van der Waals surface area contributed by atoms with E-state index in [2.05, 4.69) is 17.9 Å². The molecule has 11 heavy (non-hydrogen) atoms. The predicted molar refractivity (Wildman–Crippen MR) is 51.6 cm³/mol. The van der Waals surface area contributed by atoms with Crippen LogP contribution in [0.1, 0.15) is 0 Å². The number of thiol groups is 1. The molecule has 1 nitrogen and oxygen atoms in total. The summed E-state index contributed by atoms with van der Waals surface area (Å²) in [6, 6.07) is 9.69. The van der Waals surface area contributed by atoms with Crippen LogP contribution >= 0.6 is 24.8 Å². The summed E-state index contributed by atoms with van der Waals surface area (Å²) in [5.74, 6) is 0. The van der Waals surface area contributed by atoms with E-state index in [1.165, 1.54) is 0 Å². The molecule has 0 saturated carbocycles. The van der Waals surface area contributed by atoms with Crippen LogP contribution in [0.4, 0.5) is 5.69 Å². The Morgan fingerprint density at radius 2 is 1.82 bits per heavy atom. The van der Waals surface area contributed by atoms with Gasteiger partial charge in [0.25, 0.3) is 0 Å². The molecule has 52 valence electrons. The fourth-order valence-corrected chi connectivity index (χ4v) is 0.892. The number of anilines is 1. The Bertz CT molecular complexity index is 225. The van der Waals surface area contributed by atoms with Crippen LogP contribution in [0.25, 0.3) is 0 Å².